The number of methoxy groups -OCH3 is 2. The molecule has 7 N–H and O–H groups in total. The lowest BCUT2D eigenvalue weighted by Crippen LogP contribution is -2.53. The second kappa shape index (κ2) is 35.8. The van der Waals surface area contributed by atoms with E-state index in [9.17, 15) is 48.3 Å². The molecule has 552 valence electrons. The van der Waals surface area contributed by atoms with Crippen molar-refractivity contribution in [3.8, 4) is 23.0 Å². The van der Waals surface area contributed by atoms with Crippen molar-refractivity contribution in [1.29, 1.82) is 0 Å². The third-order valence-electron chi connectivity index (χ3n) is 18.5. The summed E-state index contributed by atoms with van der Waals surface area (Å²) in [7, 11) is 2.96. The van der Waals surface area contributed by atoms with Gasteiger partial charge in [0.1, 0.15) is 18.7 Å². The van der Waals surface area contributed by atoms with Gasteiger partial charge in [0.15, 0.2) is 29.2 Å². The number of nitrogens with zero attached hydrogens (tertiary/aromatic N) is 5. The Morgan fingerprint density at radius 3 is 2.00 bits per heavy atom. The van der Waals surface area contributed by atoms with Gasteiger partial charge in [0, 0.05) is 75.2 Å². The second-order valence-electron chi connectivity index (χ2n) is 27.4. The number of rotatable bonds is 37. The molecule has 0 unspecified atom stereocenters. The smallest absolute Gasteiger partial charge is 0.416 e. The molecule has 27 heteroatoms. The first kappa shape index (κ1) is 77.2. The highest BCUT2D eigenvalue weighted by Crippen LogP contribution is 2.43. The average Bonchev–Trinajstić information content (AvgIpc) is 1.62. The van der Waals surface area contributed by atoms with Crippen LogP contribution in [-0.2, 0) is 56.0 Å². The number of fused-ring (bicyclic) bond motifs is 4. The lowest BCUT2D eigenvalue weighted by Gasteiger charge is -2.31. The minimum absolute atomic E-state index is 0.00259. The van der Waals surface area contributed by atoms with Crippen LogP contribution in [0.1, 0.15) is 137 Å². The number of aliphatic hydroxyl groups excluding tert-OH is 1. The second-order valence-corrected chi connectivity index (χ2v) is 27.4. The normalized spacial score (nSPS) is 17.6. The van der Waals surface area contributed by atoms with Crippen LogP contribution in [0.25, 0.3) is 0 Å². The van der Waals surface area contributed by atoms with Crippen molar-refractivity contribution in [3.05, 3.63) is 138 Å². The number of benzene rings is 4. The summed E-state index contributed by atoms with van der Waals surface area (Å²) in [5, 5.41) is 23.5. The number of ether oxygens (including phenoxy) is 7. The highest BCUT2D eigenvalue weighted by Gasteiger charge is 2.47. The third kappa shape index (κ3) is 20.9. The van der Waals surface area contributed by atoms with Gasteiger partial charge in [-0.1, -0.05) is 66.8 Å². The first-order valence-electron chi connectivity index (χ1n) is 35.0. The predicted octanol–water partition coefficient (Wildman–Crippen LogP) is 7.54. The molecule has 5 aliphatic heterocycles. The molecule has 4 aromatic carbocycles. The predicted molar refractivity (Wildman–Crippen MR) is 384 cm³/mol. The molecule has 0 saturated carbocycles. The molecule has 0 aliphatic carbocycles. The summed E-state index contributed by atoms with van der Waals surface area (Å²) in [5.41, 5.74) is 8.92. The fourth-order valence-electron chi connectivity index (χ4n) is 12.6. The highest BCUT2D eigenvalue weighted by atomic mass is 16.6. The van der Waals surface area contributed by atoms with Gasteiger partial charge in [0.25, 0.3) is 23.6 Å². The lowest BCUT2D eigenvalue weighted by molar-refractivity contribution is -0.137. The van der Waals surface area contributed by atoms with Crippen LogP contribution < -0.4 is 50.8 Å². The summed E-state index contributed by atoms with van der Waals surface area (Å²) in [5.74, 6) is -1.98. The van der Waals surface area contributed by atoms with Gasteiger partial charge in [-0.2, -0.15) is 0 Å². The first-order chi connectivity index (χ1) is 49.3. The molecule has 103 heavy (non-hydrogen) atoms. The number of unbranched alkanes of at least 4 members (excludes halogenated alkanes) is 3. The zero-order valence-electron chi connectivity index (χ0n) is 59.6. The molecule has 0 spiro atoms. The number of hydrogen-bond donors (Lipinski definition) is 6. The fourth-order valence-corrected chi connectivity index (χ4v) is 12.6. The number of aliphatic hydroxyl groups is 1. The van der Waals surface area contributed by atoms with E-state index in [1.807, 2.05) is 58.0 Å². The van der Waals surface area contributed by atoms with Crippen molar-refractivity contribution in [1.82, 2.24) is 30.7 Å². The van der Waals surface area contributed by atoms with E-state index in [1.54, 1.807) is 47.5 Å². The molecule has 0 radical (unpaired) electrons. The Hall–Kier alpha value is -9.96. The van der Waals surface area contributed by atoms with Crippen LogP contribution in [0.4, 0.5) is 21.9 Å². The monoisotopic (exact) mass is 1420 g/mol. The molecule has 4 aromatic rings. The van der Waals surface area contributed by atoms with Crippen molar-refractivity contribution in [2.24, 2.45) is 10.7 Å². The number of imide groups is 1. The molecule has 5 aliphatic rings. The SMILES string of the molecule is C=C1C[C@H]2C=Nc3cc(OCCCCCOc4cc5c(cc4OC)C(=O)N4CC(=C)C[C@H]4[C@H](O)N5C(=O)OCc4ccc(NC(=O)[C@H](CCCCN)NC(=O)[C@H](Cc5ccccc5)NC(=O)CCOC(C)(C)CCOC(C)(C)CCNC(=O)CCN5C(=O)C=CC5=O)cc4)c(OC)cc3C(=O)N2C1. The average molecular weight is 1420 g/mol. The van der Waals surface area contributed by atoms with Crippen molar-refractivity contribution >= 4 is 76.6 Å². The number of nitrogens with one attached hydrogen (secondary N) is 4. The standard InChI is InChI=1S/C76H96N10O17/c1-48-37-53-44-79-57-42-63(61(97-7)40-54(57)71(93)84(53)45-48)99-33-15-10-16-34-100-64-43-59-55(41-62(64)98-8)72(94)85-46-49(2)38-60(85)73(95)86(59)74(96)101-47-51-20-22-52(23-21-51)80-69(91)56(19-13-14-30-77)82-70(92)58(39-50-17-11-9-12-18-50)81-66(88)27-35-102-76(5,6)29-36-103-75(3,4)28-31-78-65(87)26-32-83-67(89)24-25-68(83)90/h9,11-12,17-18,20-25,40-44,53,56,58,60,73,95H,1-2,10,13-16,19,26-39,45-47,77H2,3-8H3,(H,78,87)(H,80,91)(H,81,88)(H,82,92)/t53-,56-,58-,60-,73-/m0/s1. The number of nitrogens with two attached hydrogens (primary N) is 1. The van der Waals surface area contributed by atoms with E-state index in [0.717, 1.165) is 20.9 Å². The molecule has 5 heterocycles. The number of carbonyl (C=O) groups is 9. The van der Waals surface area contributed by atoms with Gasteiger partial charge >= 0.3 is 6.09 Å². The van der Waals surface area contributed by atoms with Crippen LogP contribution in [0.3, 0.4) is 0 Å². The molecule has 9 rings (SSSR count). The number of amides is 9. The number of aliphatic imine (C=N–C) groups is 1. The molecule has 9 amide bonds. The largest absolute Gasteiger partial charge is 0.493 e. The lowest BCUT2D eigenvalue weighted by atomic mass is 10.0. The topological polar surface area (TPSA) is 338 Å². The maximum absolute atomic E-state index is 14.4. The maximum Gasteiger partial charge on any atom is 0.416 e. The Morgan fingerprint density at radius 2 is 1.31 bits per heavy atom. The van der Waals surface area contributed by atoms with E-state index >= 15 is 0 Å². The van der Waals surface area contributed by atoms with E-state index in [4.69, 9.17) is 38.9 Å². The third-order valence-corrected chi connectivity index (χ3v) is 18.5. The summed E-state index contributed by atoms with van der Waals surface area (Å²) in [6.45, 7) is 17.6. The maximum atomic E-state index is 14.4. The molecule has 5 atom stereocenters. The van der Waals surface area contributed by atoms with Gasteiger partial charge in [-0.05, 0) is 134 Å². The summed E-state index contributed by atoms with van der Waals surface area (Å²) in [6, 6.07) is 18.9. The number of hydrogen-bond acceptors (Lipinski definition) is 19. The van der Waals surface area contributed by atoms with E-state index < -0.39 is 77.1 Å². The van der Waals surface area contributed by atoms with Crippen LogP contribution in [0.5, 0.6) is 23.0 Å². The molecular formula is C76H96N10O17. The Bertz CT molecular complexity index is 3820. The zero-order chi connectivity index (χ0) is 74.0. The Kier molecular flexibility index (Phi) is 26.8. The minimum atomic E-state index is -1.55. The number of anilines is 2. The van der Waals surface area contributed by atoms with Crippen molar-refractivity contribution in [2.45, 2.75) is 159 Å². The minimum Gasteiger partial charge on any atom is -0.493 e. The van der Waals surface area contributed by atoms with Gasteiger partial charge in [0.2, 0.25) is 23.6 Å². The first-order valence-corrected chi connectivity index (χ1v) is 35.0. The van der Waals surface area contributed by atoms with E-state index in [0.29, 0.717) is 124 Å². The van der Waals surface area contributed by atoms with E-state index in [1.165, 1.54) is 43.4 Å². The van der Waals surface area contributed by atoms with E-state index in [2.05, 4.69) is 39.4 Å². The Labute approximate surface area is 600 Å². The number of carbonyl (C=O) groups excluding carboxylic acids is 9. The van der Waals surface area contributed by atoms with Gasteiger partial charge in [-0.15, -0.1) is 0 Å². The summed E-state index contributed by atoms with van der Waals surface area (Å²) < 4.78 is 42.0. The molecule has 2 saturated heterocycles. The summed E-state index contributed by atoms with van der Waals surface area (Å²) in [6.07, 6.45) is 6.72. The van der Waals surface area contributed by atoms with Crippen molar-refractivity contribution < 1.29 is 81.4 Å². The fraction of sp³-hybridized carbons (Fsp3) is 0.474. The zero-order valence-corrected chi connectivity index (χ0v) is 59.6. The van der Waals surface area contributed by atoms with Gasteiger partial charge in [-0.25, -0.2) is 9.69 Å². The summed E-state index contributed by atoms with van der Waals surface area (Å²) in [4.78, 5) is 130. The van der Waals surface area contributed by atoms with Crippen LogP contribution in [0.15, 0.2) is 120 Å². The molecular weight excluding hydrogens is 1320 g/mol. The van der Waals surface area contributed by atoms with Gasteiger partial charge in [0.05, 0.1) is 92.9 Å². The van der Waals surface area contributed by atoms with Crippen LogP contribution in [-0.4, -0.2) is 194 Å². The molecule has 0 aromatic heterocycles. The van der Waals surface area contributed by atoms with Crippen LogP contribution >= 0.6 is 0 Å². The van der Waals surface area contributed by atoms with Crippen LogP contribution in [0.2, 0.25) is 0 Å². The van der Waals surface area contributed by atoms with Gasteiger partial charge in [-0.3, -0.25) is 48.2 Å². The molecule has 2 fully saturated rings. The van der Waals surface area contributed by atoms with E-state index in [-0.39, 0.29) is 106 Å². The van der Waals surface area contributed by atoms with Crippen molar-refractivity contribution in [2.75, 3.05) is 83.6 Å². The van der Waals surface area contributed by atoms with Gasteiger partial charge < -0.3 is 75.1 Å². The van der Waals surface area contributed by atoms with Crippen molar-refractivity contribution in [3.63, 3.8) is 0 Å². The quantitative estimate of drug-likeness (QED) is 0.0144. The Balaban J connectivity index is 0.762. The molecule has 27 nitrogen and oxygen atoms in total. The summed E-state index contributed by atoms with van der Waals surface area (Å²) >= 11 is 0. The Morgan fingerprint density at radius 1 is 0.670 bits per heavy atom. The highest BCUT2D eigenvalue weighted by molar-refractivity contribution is 6.13. The molecule has 0 bridgehead atoms. The van der Waals surface area contributed by atoms with Crippen LogP contribution in [0, 0.1) is 0 Å².